The third kappa shape index (κ3) is 2.29. The Morgan fingerprint density at radius 3 is 2.81 bits per heavy atom. The molecule has 3 aromatic rings. The maximum Gasteiger partial charge on any atom is 0.128 e. The molecule has 0 spiro atoms. The van der Waals surface area contributed by atoms with E-state index in [1.807, 2.05) is 18.5 Å². The number of pyridine rings is 1. The third-order valence-corrected chi connectivity index (χ3v) is 3.83. The van der Waals surface area contributed by atoms with Crippen molar-refractivity contribution in [1.29, 1.82) is 0 Å². The summed E-state index contributed by atoms with van der Waals surface area (Å²) < 4.78 is 2.22. The van der Waals surface area contributed by atoms with Crippen LogP contribution in [0, 0.1) is 0 Å². The van der Waals surface area contributed by atoms with Gasteiger partial charge in [-0.2, -0.15) is 0 Å². The second-order valence-corrected chi connectivity index (χ2v) is 5.23. The van der Waals surface area contributed by atoms with E-state index in [4.69, 9.17) is 0 Å². The molecule has 1 aromatic carbocycles. The molecular weight excluding hydrogens is 260 g/mol. The molecule has 0 radical (unpaired) electrons. The molecule has 0 bridgehead atoms. The molecule has 1 aliphatic rings. The van der Waals surface area contributed by atoms with E-state index in [9.17, 15) is 0 Å². The van der Waals surface area contributed by atoms with Crippen molar-refractivity contribution in [2.75, 3.05) is 13.1 Å². The highest BCUT2D eigenvalue weighted by Crippen LogP contribution is 2.16. The van der Waals surface area contributed by atoms with Gasteiger partial charge in [-0.05, 0) is 17.7 Å². The van der Waals surface area contributed by atoms with E-state index in [0.29, 0.717) is 0 Å². The smallest absolute Gasteiger partial charge is 0.128 e. The van der Waals surface area contributed by atoms with Crippen LogP contribution < -0.4 is 5.32 Å². The summed E-state index contributed by atoms with van der Waals surface area (Å²) in [5.74, 6) is 1.01. The molecule has 104 valence electrons. The Labute approximate surface area is 123 Å². The normalized spacial score (nSPS) is 14.2. The van der Waals surface area contributed by atoms with Gasteiger partial charge >= 0.3 is 0 Å². The molecule has 1 N–H and O–H groups in total. The molecule has 4 nitrogen and oxygen atoms in total. The highest BCUT2D eigenvalue weighted by Gasteiger charge is 2.07. The average molecular weight is 276 g/mol. The van der Waals surface area contributed by atoms with Crippen LogP contribution in [0.15, 0.2) is 60.0 Å². The Kier molecular flexibility index (Phi) is 2.92. The van der Waals surface area contributed by atoms with Crippen LogP contribution in [-0.2, 0) is 6.54 Å². The molecule has 2 aromatic heterocycles. The van der Waals surface area contributed by atoms with Crippen LogP contribution in [0.5, 0.6) is 0 Å². The van der Waals surface area contributed by atoms with E-state index in [1.54, 1.807) is 0 Å². The van der Waals surface area contributed by atoms with Gasteiger partial charge < -0.3 is 9.88 Å². The number of benzene rings is 1. The van der Waals surface area contributed by atoms with Gasteiger partial charge in [-0.25, -0.2) is 0 Å². The molecule has 0 unspecified atom stereocenters. The minimum Gasteiger partial charge on any atom is -0.368 e. The van der Waals surface area contributed by atoms with Crippen LogP contribution in [0.4, 0.5) is 0 Å². The largest absolute Gasteiger partial charge is 0.368 e. The molecule has 4 rings (SSSR count). The predicted octanol–water partition coefficient (Wildman–Crippen LogP) is 2.43. The molecule has 0 fully saturated rings. The van der Waals surface area contributed by atoms with E-state index in [2.05, 4.69) is 56.4 Å². The number of nitrogens with one attached hydrogen (secondary N) is 1. The van der Waals surface area contributed by atoms with Crippen molar-refractivity contribution in [2.45, 2.75) is 6.54 Å². The van der Waals surface area contributed by atoms with Crippen molar-refractivity contribution < 1.29 is 0 Å². The van der Waals surface area contributed by atoms with Gasteiger partial charge in [0.05, 0.1) is 18.3 Å². The van der Waals surface area contributed by atoms with E-state index in [0.717, 1.165) is 31.0 Å². The lowest BCUT2D eigenvalue weighted by molar-refractivity contribution is 0.835. The van der Waals surface area contributed by atoms with E-state index < -0.39 is 0 Å². The minimum atomic E-state index is 0.857. The molecule has 1 aliphatic heterocycles. The molecule has 21 heavy (non-hydrogen) atoms. The molecule has 0 saturated carbocycles. The summed E-state index contributed by atoms with van der Waals surface area (Å²) in [7, 11) is 0. The second kappa shape index (κ2) is 5.05. The lowest BCUT2D eigenvalue weighted by Crippen LogP contribution is -2.19. The SMILES string of the molecule is c1cc2ccn(Cc3ccc(C4=NCCN4)cc3)c2cn1. The first-order valence-electron chi connectivity index (χ1n) is 7.17. The number of nitrogens with zero attached hydrogens (tertiary/aromatic N) is 3. The summed E-state index contributed by atoms with van der Waals surface area (Å²) in [5.41, 5.74) is 3.61. The predicted molar refractivity (Wildman–Crippen MR) is 84.7 cm³/mol. The first-order valence-corrected chi connectivity index (χ1v) is 7.17. The minimum absolute atomic E-state index is 0.857. The van der Waals surface area contributed by atoms with Crippen molar-refractivity contribution in [2.24, 2.45) is 4.99 Å². The Morgan fingerprint density at radius 1 is 1.10 bits per heavy atom. The van der Waals surface area contributed by atoms with Crippen LogP contribution in [0.25, 0.3) is 10.9 Å². The molecule has 0 saturated heterocycles. The topological polar surface area (TPSA) is 42.2 Å². The zero-order valence-corrected chi connectivity index (χ0v) is 11.7. The number of amidine groups is 1. The standard InChI is InChI=1S/C17H16N4/c1-3-15(17-19-8-9-20-17)4-2-13(1)12-21-10-6-14-5-7-18-11-16(14)21/h1-7,10-11H,8-9,12H2,(H,19,20). The van der Waals surface area contributed by atoms with Crippen molar-refractivity contribution in [1.82, 2.24) is 14.9 Å². The number of aromatic nitrogens is 2. The van der Waals surface area contributed by atoms with Crippen LogP contribution >= 0.6 is 0 Å². The fraction of sp³-hybridized carbons (Fsp3) is 0.176. The van der Waals surface area contributed by atoms with Crippen LogP contribution in [0.2, 0.25) is 0 Å². The monoisotopic (exact) mass is 276 g/mol. The summed E-state index contributed by atoms with van der Waals surface area (Å²) in [6, 6.07) is 12.8. The van der Waals surface area contributed by atoms with Crippen molar-refractivity contribution in [3.8, 4) is 0 Å². The first kappa shape index (κ1) is 12.1. The third-order valence-electron chi connectivity index (χ3n) is 3.83. The van der Waals surface area contributed by atoms with E-state index in [-0.39, 0.29) is 0 Å². The Hall–Kier alpha value is -2.62. The number of hydrogen-bond acceptors (Lipinski definition) is 3. The van der Waals surface area contributed by atoms with E-state index >= 15 is 0 Å². The van der Waals surface area contributed by atoms with Crippen LogP contribution in [0.3, 0.4) is 0 Å². The van der Waals surface area contributed by atoms with Gasteiger partial charge in [0.15, 0.2) is 0 Å². The second-order valence-electron chi connectivity index (χ2n) is 5.23. The molecule has 4 heteroatoms. The van der Waals surface area contributed by atoms with Gasteiger partial charge in [0.1, 0.15) is 5.84 Å². The van der Waals surface area contributed by atoms with Crippen LogP contribution in [0.1, 0.15) is 11.1 Å². The summed E-state index contributed by atoms with van der Waals surface area (Å²) >= 11 is 0. The molecule has 0 amide bonds. The van der Waals surface area contributed by atoms with Crippen molar-refractivity contribution in [3.63, 3.8) is 0 Å². The summed E-state index contributed by atoms with van der Waals surface area (Å²) in [4.78, 5) is 8.65. The maximum atomic E-state index is 4.44. The zero-order valence-electron chi connectivity index (χ0n) is 11.7. The zero-order chi connectivity index (χ0) is 14.1. The number of rotatable bonds is 3. The van der Waals surface area contributed by atoms with Gasteiger partial charge in [0.25, 0.3) is 0 Å². The number of fused-ring (bicyclic) bond motifs is 1. The lowest BCUT2D eigenvalue weighted by atomic mass is 10.1. The van der Waals surface area contributed by atoms with Gasteiger partial charge in [-0.1, -0.05) is 24.3 Å². The molecular formula is C17H16N4. The van der Waals surface area contributed by atoms with Crippen LogP contribution in [-0.4, -0.2) is 28.5 Å². The average Bonchev–Trinajstić information content (AvgIpc) is 3.19. The highest BCUT2D eigenvalue weighted by atomic mass is 15.1. The summed E-state index contributed by atoms with van der Waals surface area (Å²) in [6.45, 7) is 2.67. The Morgan fingerprint density at radius 2 is 2.00 bits per heavy atom. The van der Waals surface area contributed by atoms with Gasteiger partial charge in [-0.3, -0.25) is 9.98 Å². The van der Waals surface area contributed by atoms with Gasteiger partial charge in [0.2, 0.25) is 0 Å². The number of aliphatic imine (C=N–C) groups is 1. The quantitative estimate of drug-likeness (QED) is 0.798. The van der Waals surface area contributed by atoms with Gasteiger partial charge in [-0.15, -0.1) is 0 Å². The molecule has 0 aliphatic carbocycles. The number of hydrogen-bond donors (Lipinski definition) is 1. The Balaban J connectivity index is 1.59. The van der Waals surface area contributed by atoms with Crippen molar-refractivity contribution in [3.05, 3.63) is 66.1 Å². The Bertz CT molecular complexity index is 799. The molecule has 3 heterocycles. The van der Waals surface area contributed by atoms with E-state index in [1.165, 1.54) is 16.5 Å². The lowest BCUT2D eigenvalue weighted by Gasteiger charge is -2.07. The fourth-order valence-corrected chi connectivity index (χ4v) is 2.72. The maximum absolute atomic E-state index is 4.44. The fourth-order valence-electron chi connectivity index (χ4n) is 2.72. The highest BCUT2D eigenvalue weighted by molar-refractivity contribution is 5.99. The van der Waals surface area contributed by atoms with Crippen molar-refractivity contribution >= 4 is 16.7 Å². The summed E-state index contributed by atoms with van der Waals surface area (Å²) in [5, 5.41) is 4.53. The summed E-state index contributed by atoms with van der Waals surface area (Å²) in [6.07, 6.45) is 5.86. The molecule has 0 atom stereocenters. The first-order chi connectivity index (χ1) is 10.4. The van der Waals surface area contributed by atoms with Gasteiger partial charge in [0, 0.05) is 36.4 Å².